The predicted octanol–water partition coefficient (Wildman–Crippen LogP) is 1.74. The first-order valence-electron chi connectivity index (χ1n) is 6.50. The first-order valence-corrected chi connectivity index (χ1v) is 6.91. The lowest BCUT2D eigenvalue weighted by Gasteiger charge is -2.26. The summed E-state index contributed by atoms with van der Waals surface area (Å²) in [6.45, 7) is 9.04. The fourth-order valence-electron chi connectivity index (χ4n) is 1.93. The van der Waals surface area contributed by atoms with Crippen LogP contribution in [0, 0.1) is 6.92 Å². The predicted molar refractivity (Wildman–Crippen MR) is 80.2 cm³/mol. The molecule has 1 rings (SSSR count). The maximum Gasteiger partial charge on any atom is 0.272 e. The van der Waals surface area contributed by atoms with Gasteiger partial charge in [-0.25, -0.2) is 0 Å². The monoisotopic (exact) mass is 282 g/mol. The van der Waals surface area contributed by atoms with Gasteiger partial charge >= 0.3 is 0 Å². The van der Waals surface area contributed by atoms with Crippen LogP contribution in [-0.4, -0.2) is 38.2 Å². The van der Waals surface area contributed by atoms with Gasteiger partial charge in [-0.05, 0) is 33.8 Å². The third-order valence-electron chi connectivity index (χ3n) is 2.90. The summed E-state index contributed by atoms with van der Waals surface area (Å²) in [5.41, 5.74) is 6.99. The molecule has 106 valence electrons. The smallest absolute Gasteiger partial charge is 0.272 e. The average molecular weight is 282 g/mol. The quantitative estimate of drug-likeness (QED) is 0.807. The van der Waals surface area contributed by atoms with E-state index in [1.54, 1.807) is 9.58 Å². The maximum absolute atomic E-state index is 12.6. The molecule has 0 aliphatic carbocycles. The van der Waals surface area contributed by atoms with Crippen molar-refractivity contribution < 1.29 is 4.79 Å². The van der Waals surface area contributed by atoms with Crippen molar-refractivity contribution in [2.75, 3.05) is 6.54 Å². The molecule has 1 heterocycles. The zero-order chi connectivity index (χ0) is 14.6. The molecule has 0 saturated heterocycles. The normalized spacial score (nSPS) is 10.8. The third kappa shape index (κ3) is 4.02. The SMILES string of the molecule is CCn1nc(C)cc1C(=O)N(CCC(N)=S)C(C)C. The molecule has 6 heteroatoms. The van der Waals surface area contributed by atoms with Crippen molar-refractivity contribution in [3.05, 3.63) is 17.5 Å². The molecule has 0 radical (unpaired) electrons. The molecule has 0 aliphatic heterocycles. The number of rotatable bonds is 6. The summed E-state index contributed by atoms with van der Waals surface area (Å²) in [6, 6.07) is 1.92. The Kier molecular flexibility index (Phi) is 5.47. The van der Waals surface area contributed by atoms with Gasteiger partial charge in [0.2, 0.25) is 0 Å². The number of carbonyl (C=O) groups is 1. The summed E-state index contributed by atoms with van der Waals surface area (Å²) in [4.78, 5) is 14.8. The van der Waals surface area contributed by atoms with Crippen LogP contribution < -0.4 is 5.73 Å². The molecule has 1 amide bonds. The van der Waals surface area contributed by atoms with E-state index in [0.29, 0.717) is 30.2 Å². The second-order valence-corrected chi connectivity index (χ2v) is 5.32. The van der Waals surface area contributed by atoms with Gasteiger partial charge < -0.3 is 10.6 Å². The van der Waals surface area contributed by atoms with E-state index in [4.69, 9.17) is 18.0 Å². The Labute approximate surface area is 119 Å². The second kappa shape index (κ2) is 6.65. The molecule has 0 fully saturated rings. The van der Waals surface area contributed by atoms with Gasteiger partial charge in [-0.3, -0.25) is 9.48 Å². The fraction of sp³-hybridized carbons (Fsp3) is 0.615. The van der Waals surface area contributed by atoms with E-state index in [2.05, 4.69) is 5.10 Å². The van der Waals surface area contributed by atoms with Crippen LogP contribution in [0.4, 0.5) is 0 Å². The molecular formula is C13H22N4OS. The largest absolute Gasteiger partial charge is 0.393 e. The Morgan fingerprint density at radius 1 is 1.58 bits per heavy atom. The Hall–Kier alpha value is -1.43. The summed E-state index contributed by atoms with van der Waals surface area (Å²) in [5.74, 6) is -0.0197. The number of hydrogen-bond acceptors (Lipinski definition) is 3. The van der Waals surface area contributed by atoms with Crippen LogP contribution in [0.15, 0.2) is 6.07 Å². The van der Waals surface area contributed by atoms with Crippen molar-refractivity contribution >= 4 is 23.1 Å². The number of aromatic nitrogens is 2. The van der Waals surface area contributed by atoms with Crippen LogP contribution >= 0.6 is 12.2 Å². The van der Waals surface area contributed by atoms with Crippen LogP contribution in [0.2, 0.25) is 0 Å². The van der Waals surface area contributed by atoms with Crippen molar-refractivity contribution in [2.24, 2.45) is 5.73 Å². The highest BCUT2D eigenvalue weighted by atomic mass is 32.1. The Bertz CT molecular complexity index is 467. The molecular weight excluding hydrogens is 260 g/mol. The van der Waals surface area contributed by atoms with Crippen LogP contribution in [0.3, 0.4) is 0 Å². The lowest BCUT2D eigenvalue weighted by molar-refractivity contribution is 0.0699. The molecule has 0 aliphatic rings. The van der Waals surface area contributed by atoms with E-state index in [1.807, 2.05) is 33.8 Å². The second-order valence-electron chi connectivity index (χ2n) is 4.80. The maximum atomic E-state index is 12.6. The summed E-state index contributed by atoms with van der Waals surface area (Å²) < 4.78 is 1.73. The van der Waals surface area contributed by atoms with Crippen molar-refractivity contribution in [1.82, 2.24) is 14.7 Å². The summed E-state index contributed by atoms with van der Waals surface area (Å²) in [7, 11) is 0. The number of thiocarbonyl (C=S) groups is 1. The van der Waals surface area contributed by atoms with Gasteiger partial charge in [-0.1, -0.05) is 12.2 Å². The Morgan fingerprint density at radius 3 is 2.68 bits per heavy atom. The molecule has 0 aromatic carbocycles. The molecule has 0 saturated carbocycles. The molecule has 2 N–H and O–H groups in total. The van der Waals surface area contributed by atoms with Crippen LogP contribution in [0.25, 0.3) is 0 Å². The number of carbonyl (C=O) groups excluding carboxylic acids is 1. The van der Waals surface area contributed by atoms with Gasteiger partial charge in [0.1, 0.15) is 5.69 Å². The topological polar surface area (TPSA) is 64.2 Å². The lowest BCUT2D eigenvalue weighted by atomic mass is 10.2. The summed E-state index contributed by atoms with van der Waals surface area (Å²) in [6.07, 6.45) is 0.540. The molecule has 0 spiro atoms. The van der Waals surface area contributed by atoms with Crippen molar-refractivity contribution in [2.45, 2.75) is 46.7 Å². The Balaban J connectivity index is 2.95. The minimum atomic E-state index is -0.0197. The molecule has 19 heavy (non-hydrogen) atoms. The zero-order valence-electron chi connectivity index (χ0n) is 12.0. The number of hydrogen-bond donors (Lipinski definition) is 1. The van der Waals surface area contributed by atoms with Crippen molar-refractivity contribution in [3.63, 3.8) is 0 Å². The molecule has 5 nitrogen and oxygen atoms in total. The van der Waals surface area contributed by atoms with Gasteiger partial charge in [0.15, 0.2) is 0 Å². The number of amides is 1. The number of nitrogens with two attached hydrogens (primary N) is 1. The standard InChI is InChI=1S/C13H22N4OS/c1-5-17-11(8-10(4)15-17)13(18)16(9(2)3)7-6-12(14)19/h8-9H,5-7H2,1-4H3,(H2,14,19). The number of aryl methyl sites for hydroxylation is 2. The van der Waals surface area contributed by atoms with E-state index >= 15 is 0 Å². The molecule has 0 atom stereocenters. The highest BCUT2D eigenvalue weighted by molar-refractivity contribution is 7.80. The highest BCUT2D eigenvalue weighted by Gasteiger charge is 2.22. The average Bonchev–Trinajstić information content (AvgIpc) is 2.69. The van der Waals surface area contributed by atoms with Gasteiger partial charge in [0, 0.05) is 25.6 Å². The first-order chi connectivity index (χ1) is 8.86. The van der Waals surface area contributed by atoms with Crippen LogP contribution in [0.5, 0.6) is 0 Å². The van der Waals surface area contributed by atoms with Crippen molar-refractivity contribution in [3.8, 4) is 0 Å². The number of nitrogens with zero attached hydrogens (tertiary/aromatic N) is 3. The fourth-order valence-corrected chi connectivity index (χ4v) is 2.02. The van der Waals surface area contributed by atoms with E-state index < -0.39 is 0 Å². The lowest BCUT2D eigenvalue weighted by Crippen LogP contribution is -2.40. The Morgan fingerprint density at radius 2 is 2.21 bits per heavy atom. The van der Waals surface area contributed by atoms with E-state index in [9.17, 15) is 4.79 Å². The first kappa shape index (κ1) is 15.6. The summed E-state index contributed by atoms with van der Waals surface area (Å²) >= 11 is 4.88. The van der Waals surface area contributed by atoms with Crippen LogP contribution in [-0.2, 0) is 6.54 Å². The molecule has 0 bridgehead atoms. The van der Waals surface area contributed by atoms with E-state index in [-0.39, 0.29) is 11.9 Å². The van der Waals surface area contributed by atoms with Crippen molar-refractivity contribution in [1.29, 1.82) is 0 Å². The zero-order valence-corrected chi connectivity index (χ0v) is 12.8. The van der Waals surface area contributed by atoms with E-state index in [1.165, 1.54) is 0 Å². The van der Waals surface area contributed by atoms with Gasteiger partial charge in [-0.15, -0.1) is 0 Å². The van der Waals surface area contributed by atoms with Gasteiger partial charge in [0.25, 0.3) is 5.91 Å². The third-order valence-corrected chi connectivity index (χ3v) is 3.11. The molecule has 0 unspecified atom stereocenters. The molecule has 1 aromatic rings. The minimum Gasteiger partial charge on any atom is -0.393 e. The van der Waals surface area contributed by atoms with Gasteiger partial charge in [-0.2, -0.15) is 5.10 Å². The van der Waals surface area contributed by atoms with Crippen LogP contribution in [0.1, 0.15) is 43.4 Å². The minimum absolute atomic E-state index is 0.0197. The van der Waals surface area contributed by atoms with E-state index in [0.717, 1.165) is 5.69 Å². The molecule has 1 aromatic heterocycles. The van der Waals surface area contributed by atoms with Gasteiger partial charge in [0.05, 0.1) is 10.7 Å². The summed E-state index contributed by atoms with van der Waals surface area (Å²) in [5, 5.41) is 4.31. The highest BCUT2D eigenvalue weighted by Crippen LogP contribution is 2.11.